The molecule has 174 valence electrons. The molecule has 0 aliphatic rings. The number of anilines is 1. The van der Waals surface area contributed by atoms with Crippen molar-refractivity contribution in [2.24, 2.45) is 10.2 Å². The number of H-pyrrole nitrogens is 1. The lowest BCUT2D eigenvalue weighted by atomic mass is 10.3. The van der Waals surface area contributed by atoms with Crippen LogP contribution in [0.3, 0.4) is 0 Å². The van der Waals surface area contributed by atoms with Gasteiger partial charge in [-0.15, -0.1) is 5.11 Å². The van der Waals surface area contributed by atoms with Crippen molar-refractivity contribution in [3.63, 3.8) is 0 Å². The molecular formula is C23H15BrClN7O2S. The molecule has 0 saturated carbocycles. The number of rotatable bonds is 5. The van der Waals surface area contributed by atoms with Crippen LogP contribution in [0, 0.1) is 4.77 Å². The smallest absolute Gasteiger partial charge is 0.305 e. The van der Waals surface area contributed by atoms with E-state index < -0.39 is 11.4 Å². The molecule has 5 rings (SSSR count). The number of nitrogens with zero attached hydrogens (tertiary/aromatic N) is 5. The normalized spacial score (nSPS) is 11.4. The van der Waals surface area contributed by atoms with E-state index in [9.17, 15) is 9.90 Å². The fourth-order valence-corrected chi connectivity index (χ4v) is 4.03. The molecule has 0 radical (unpaired) electrons. The number of aromatic nitrogens is 4. The third-order valence-electron chi connectivity index (χ3n) is 5.00. The molecule has 0 spiro atoms. The van der Waals surface area contributed by atoms with Gasteiger partial charge in [-0.25, -0.2) is 4.98 Å². The molecule has 2 aromatic heterocycles. The number of imidazole rings is 1. The summed E-state index contributed by atoms with van der Waals surface area (Å²) in [5.74, 6) is -0.171. The predicted molar refractivity (Wildman–Crippen MR) is 141 cm³/mol. The van der Waals surface area contributed by atoms with E-state index in [4.69, 9.17) is 23.8 Å². The average molecular weight is 569 g/mol. The molecular weight excluding hydrogens is 554 g/mol. The van der Waals surface area contributed by atoms with E-state index >= 15 is 0 Å². The molecule has 2 heterocycles. The van der Waals surface area contributed by atoms with Crippen LogP contribution >= 0.6 is 39.7 Å². The van der Waals surface area contributed by atoms with Crippen molar-refractivity contribution in [3.05, 3.63) is 97.4 Å². The zero-order valence-corrected chi connectivity index (χ0v) is 20.8. The van der Waals surface area contributed by atoms with Crippen molar-refractivity contribution in [2.75, 3.05) is 5.43 Å². The zero-order chi connectivity index (χ0) is 24.5. The Morgan fingerprint density at radius 2 is 1.74 bits per heavy atom. The molecule has 5 aromatic rings. The van der Waals surface area contributed by atoms with Crippen LogP contribution in [0.4, 0.5) is 17.3 Å². The Morgan fingerprint density at radius 1 is 1.03 bits per heavy atom. The number of aromatic hydroxyl groups is 1. The summed E-state index contributed by atoms with van der Waals surface area (Å²) >= 11 is 14.9. The predicted octanol–water partition coefficient (Wildman–Crippen LogP) is 6.66. The van der Waals surface area contributed by atoms with Crippen molar-refractivity contribution in [3.8, 4) is 11.6 Å². The fraction of sp³-hybridized carbons (Fsp3) is 0. The van der Waals surface area contributed by atoms with Crippen LogP contribution in [-0.4, -0.2) is 24.3 Å². The lowest BCUT2D eigenvalue weighted by Crippen LogP contribution is -2.30. The first-order valence-electron chi connectivity index (χ1n) is 10.2. The molecule has 3 N–H and O–H groups in total. The molecule has 0 bridgehead atoms. The van der Waals surface area contributed by atoms with Crippen molar-refractivity contribution < 1.29 is 5.11 Å². The first-order valence-corrected chi connectivity index (χ1v) is 11.7. The number of hydrogen-bond acceptors (Lipinski definition) is 7. The minimum absolute atomic E-state index is 0.0271. The summed E-state index contributed by atoms with van der Waals surface area (Å²) in [5, 5.41) is 19.7. The van der Waals surface area contributed by atoms with Gasteiger partial charge in [-0.2, -0.15) is 9.79 Å². The molecule has 35 heavy (non-hydrogen) atoms. The topological polar surface area (TPSA) is 113 Å². The van der Waals surface area contributed by atoms with Gasteiger partial charge in [0.05, 0.1) is 22.4 Å². The van der Waals surface area contributed by atoms with E-state index in [2.05, 4.69) is 41.6 Å². The minimum atomic E-state index is -0.709. The number of para-hydroxylation sites is 2. The van der Waals surface area contributed by atoms with Crippen LogP contribution in [0.1, 0.15) is 0 Å². The van der Waals surface area contributed by atoms with Gasteiger partial charge in [-0.05, 0) is 72.9 Å². The molecule has 3 aromatic carbocycles. The van der Waals surface area contributed by atoms with E-state index in [-0.39, 0.29) is 16.4 Å². The SMILES string of the molecule is O=c1c(N=Nc2ccc(Cl)cc2)c(O)n(-c2ccc(Br)cc2)c(=S)n1Nc1nc2ccccc2[nH]1. The highest BCUT2D eigenvalue weighted by Crippen LogP contribution is 2.29. The Balaban J connectivity index is 1.68. The summed E-state index contributed by atoms with van der Waals surface area (Å²) in [6.45, 7) is 0. The third-order valence-corrected chi connectivity index (χ3v) is 6.14. The summed E-state index contributed by atoms with van der Waals surface area (Å²) in [4.78, 5) is 20.9. The zero-order valence-electron chi connectivity index (χ0n) is 17.7. The Bertz CT molecular complexity index is 1660. The molecule has 0 saturated heterocycles. The Hall–Kier alpha value is -3.80. The largest absolute Gasteiger partial charge is 0.492 e. The summed E-state index contributed by atoms with van der Waals surface area (Å²) in [7, 11) is 0. The van der Waals surface area contributed by atoms with Gasteiger partial charge >= 0.3 is 5.56 Å². The lowest BCUT2D eigenvalue weighted by Gasteiger charge is -2.16. The van der Waals surface area contributed by atoms with E-state index in [1.165, 1.54) is 4.57 Å². The van der Waals surface area contributed by atoms with E-state index in [1.807, 2.05) is 24.3 Å². The lowest BCUT2D eigenvalue weighted by molar-refractivity contribution is 0.431. The fourth-order valence-electron chi connectivity index (χ4n) is 3.32. The van der Waals surface area contributed by atoms with Crippen LogP contribution in [0.5, 0.6) is 5.88 Å². The van der Waals surface area contributed by atoms with Crippen molar-refractivity contribution in [2.45, 2.75) is 0 Å². The van der Waals surface area contributed by atoms with Gasteiger partial charge in [-0.1, -0.05) is 39.7 Å². The maximum absolute atomic E-state index is 13.4. The maximum Gasteiger partial charge on any atom is 0.305 e. The van der Waals surface area contributed by atoms with Gasteiger partial charge in [0.1, 0.15) is 0 Å². The van der Waals surface area contributed by atoms with E-state index in [1.54, 1.807) is 48.5 Å². The summed E-state index contributed by atoms with van der Waals surface area (Å²) < 4.78 is 3.20. The van der Waals surface area contributed by atoms with Crippen molar-refractivity contribution in [1.82, 2.24) is 19.2 Å². The van der Waals surface area contributed by atoms with Gasteiger partial charge in [0.25, 0.3) is 0 Å². The molecule has 0 aliphatic heterocycles. The molecule has 0 unspecified atom stereocenters. The van der Waals surface area contributed by atoms with Crippen LogP contribution < -0.4 is 11.0 Å². The third kappa shape index (κ3) is 4.61. The standard InChI is InChI=1S/C23H15BrClN7O2S/c24-13-5-11-16(12-6-13)31-20(33)19(29-28-15-9-7-14(25)8-10-15)21(34)32(23(31)35)30-22-26-17-3-1-2-4-18(17)27-22/h1-12,33H,(H2,26,27,30). The number of aromatic amines is 1. The quantitative estimate of drug-likeness (QED) is 0.162. The van der Waals surface area contributed by atoms with Crippen LogP contribution in [0.15, 0.2) is 92.3 Å². The number of nitrogens with one attached hydrogen (secondary N) is 2. The second-order valence-electron chi connectivity index (χ2n) is 7.30. The van der Waals surface area contributed by atoms with Crippen LogP contribution in [0.2, 0.25) is 5.02 Å². The maximum atomic E-state index is 13.4. The Morgan fingerprint density at radius 3 is 2.46 bits per heavy atom. The number of hydrogen-bond donors (Lipinski definition) is 3. The van der Waals surface area contributed by atoms with Gasteiger partial charge < -0.3 is 10.1 Å². The van der Waals surface area contributed by atoms with Gasteiger partial charge in [0.15, 0.2) is 0 Å². The first-order chi connectivity index (χ1) is 16.9. The van der Waals surface area contributed by atoms with Gasteiger partial charge in [0, 0.05) is 9.50 Å². The minimum Gasteiger partial charge on any atom is -0.492 e. The summed E-state index contributed by atoms with van der Waals surface area (Å²) in [6, 6.07) is 21.0. The second kappa shape index (κ2) is 9.45. The van der Waals surface area contributed by atoms with Crippen LogP contribution in [-0.2, 0) is 0 Å². The molecule has 9 nitrogen and oxygen atoms in total. The molecule has 12 heteroatoms. The molecule has 0 aliphatic carbocycles. The van der Waals surface area contributed by atoms with E-state index in [0.29, 0.717) is 21.9 Å². The highest BCUT2D eigenvalue weighted by molar-refractivity contribution is 9.10. The molecule has 0 fully saturated rings. The Labute approximate surface area is 216 Å². The summed E-state index contributed by atoms with van der Waals surface area (Å²) in [5.41, 5.74) is 4.31. The number of halogens is 2. The summed E-state index contributed by atoms with van der Waals surface area (Å²) in [6.07, 6.45) is 0. The van der Waals surface area contributed by atoms with E-state index in [0.717, 1.165) is 14.7 Å². The number of benzene rings is 3. The molecule has 0 amide bonds. The Kier molecular flexibility index (Phi) is 6.20. The van der Waals surface area contributed by atoms with Gasteiger partial charge in [0.2, 0.25) is 22.3 Å². The average Bonchev–Trinajstić information content (AvgIpc) is 3.27. The van der Waals surface area contributed by atoms with Gasteiger partial charge in [-0.3, -0.25) is 14.8 Å². The monoisotopic (exact) mass is 567 g/mol. The number of azo groups is 1. The van der Waals surface area contributed by atoms with Crippen molar-refractivity contribution in [1.29, 1.82) is 0 Å². The highest BCUT2D eigenvalue weighted by Gasteiger charge is 2.19. The van der Waals surface area contributed by atoms with Crippen LogP contribution in [0.25, 0.3) is 16.7 Å². The molecule has 0 atom stereocenters. The first kappa shape index (κ1) is 23.0. The second-order valence-corrected chi connectivity index (χ2v) is 9.02. The van der Waals surface area contributed by atoms with Crippen molar-refractivity contribution >= 4 is 68.1 Å². The highest BCUT2D eigenvalue weighted by atomic mass is 79.9. The number of fused-ring (bicyclic) bond motifs is 1.